The Morgan fingerprint density at radius 1 is 0.789 bits per heavy atom. The molecular weight excluding hydrogens is 272 g/mol. The molecular formula is C16H16OS2. The third-order valence-corrected chi connectivity index (χ3v) is 6.75. The molecule has 1 heterocycles. The number of hydrogen-bond donors (Lipinski definition) is 1. The van der Waals surface area contributed by atoms with Gasteiger partial charge in [0.25, 0.3) is 0 Å². The molecule has 1 aliphatic rings. The molecule has 1 saturated heterocycles. The SMILES string of the molecule is Oc1ccc(C2(c3ccccc3)SCCCS2)cc1. The summed E-state index contributed by atoms with van der Waals surface area (Å²) in [5.41, 5.74) is 2.61. The van der Waals surface area contributed by atoms with Crippen molar-refractivity contribution in [3.63, 3.8) is 0 Å². The highest BCUT2D eigenvalue weighted by molar-refractivity contribution is 8.18. The minimum absolute atomic E-state index is 0.0206. The molecule has 0 amide bonds. The summed E-state index contributed by atoms with van der Waals surface area (Å²) < 4.78 is -0.0206. The third-order valence-electron chi connectivity index (χ3n) is 3.30. The summed E-state index contributed by atoms with van der Waals surface area (Å²) in [5, 5.41) is 9.50. The second-order valence-electron chi connectivity index (χ2n) is 4.58. The van der Waals surface area contributed by atoms with E-state index in [0.29, 0.717) is 5.75 Å². The van der Waals surface area contributed by atoms with Crippen LogP contribution >= 0.6 is 23.5 Å². The molecule has 1 fully saturated rings. The first-order valence-electron chi connectivity index (χ1n) is 6.44. The van der Waals surface area contributed by atoms with Crippen molar-refractivity contribution >= 4 is 23.5 Å². The van der Waals surface area contributed by atoms with Crippen LogP contribution in [0, 0.1) is 0 Å². The third kappa shape index (κ3) is 2.49. The predicted octanol–water partition coefficient (Wildman–Crippen LogP) is 4.46. The van der Waals surface area contributed by atoms with Crippen LogP contribution in [0.4, 0.5) is 0 Å². The Bertz CT molecular complexity index is 530. The van der Waals surface area contributed by atoms with Gasteiger partial charge in [0.1, 0.15) is 9.83 Å². The number of hydrogen-bond acceptors (Lipinski definition) is 3. The molecule has 2 aromatic rings. The molecule has 1 nitrogen and oxygen atoms in total. The van der Waals surface area contributed by atoms with Crippen LogP contribution in [-0.2, 0) is 4.08 Å². The molecule has 0 atom stereocenters. The number of thioether (sulfide) groups is 2. The van der Waals surface area contributed by atoms with Crippen LogP contribution < -0.4 is 0 Å². The molecule has 0 aromatic heterocycles. The predicted molar refractivity (Wildman–Crippen MR) is 84.9 cm³/mol. The Labute approximate surface area is 122 Å². The first kappa shape index (κ1) is 12.9. The summed E-state index contributed by atoms with van der Waals surface area (Å²) in [6.07, 6.45) is 1.27. The molecule has 0 spiro atoms. The second-order valence-corrected chi connectivity index (χ2v) is 7.46. The van der Waals surface area contributed by atoms with Crippen molar-refractivity contribution in [3.05, 3.63) is 65.7 Å². The van der Waals surface area contributed by atoms with Gasteiger partial charge in [0, 0.05) is 0 Å². The van der Waals surface area contributed by atoms with E-state index in [2.05, 4.69) is 30.3 Å². The summed E-state index contributed by atoms with van der Waals surface area (Å²) in [4.78, 5) is 0. The Hall–Kier alpha value is -1.06. The first-order valence-corrected chi connectivity index (χ1v) is 8.41. The van der Waals surface area contributed by atoms with Crippen LogP contribution in [0.25, 0.3) is 0 Å². The van der Waals surface area contributed by atoms with Crippen LogP contribution in [0.15, 0.2) is 54.6 Å². The van der Waals surface area contributed by atoms with E-state index in [4.69, 9.17) is 0 Å². The first-order chi connectivity index (χ1) is 9.31. The minimum Gasteiger partial charge on any atom is -0.508 e. The van der Waals surface area contributed by atoms with Gasteiger partial charge in [-0.3, -0.25) is 0 Å². The van der Waals surface area contributed by atoms with Crippen LogP contribution in [0.3, 0.4) is 0 Å². The zero-order valence-electron chi connectivity index (χ0n) is 10.6. The maximum absolute atomic E-state index is 9.50. The fourth-order valence-corrected chi connectivity index (χ4v) is 5.75. The van der Waals surface area contributed by atoms with Crippen molar-refractivity contribution in [3.8, 4) is 5.75 Å². The molecule has 19 heavy (non-hydrogen) atoms. The normalized spacial score (nSPS) is 18.1. The van der Waals surface area contributed by atoms with Crippen LogP contribution in [-0.4, -0.2) is 16.6 Å². The second kappa shape index (κ2) is 5.51. The lowest BCUT2D eigenvalue weighted by atomic mass is 10.0. The molecule has 0 saturated carbocycles. The number of aromatic hydroxyl groups is 1. The summed E-state index contributed by atoms with van der Waals surface area (Å²) in [7, 11) is 0. The zero-order valence-corrected chi connectivity index (χ0v) is 12.2. The fourth-order valence-electron chi connectivity index (χ4n) is 2.37. The van der Waals surface area contributed by atoms with E-state index in [0.717, 1.165) is 0 Å². The highest BCUT2D eigenvalue weighted by Gasteiger charge is 2.37. The van der Waals surface area contributed by atoms with Crippen molar-refractivity contribution in [2.75, 3.05) is 11.5 Å². The highest BCUT2D eigenvalue weighted by Crippen LogP contribution is 2.54. The lowest BCUT2D eigenvalue weighted by molar-refractivity contribution is 0.475. The quantitative estimate of drug-likeness (QED) is 0.881. The van der Waals surface area contributed by atoms with Gasteiger partial charge < -0.3 is 5.11 Å². The molecule has 0 aliphatic carbocycles. The van der Waals surface area contributed by atoms with Crippen molar-refractivity contribution in [1.82, 2.24) is 0 Å². The Balaban J connectivity index is 2.09. The van der Waals surface area contributed by atoms with E-state index >= 15 is 0 Å². The summed E-state index contributed by atoms with van der Waals surface area (Å²) in [6.45, 7) is 0. The van der Waals surface area contributed by atoms with Crippen molar-refractivity contribution in [2.45, 2.75) is 10.5 Å². The summed E-state index contributed by atoms with van der Waals surface area (Å²) in [5.74, 6) is 2.70. The van der Waals surface area contributed by atoms with E-state index in [1.165, 1.54) is 29.1 Å². The van der Waals surface area contributed by atoms with Gasteiger partial charge in [-0.25, -0.2) is 0 Å². The minimum atomic E-state index is -0.0206. The largest absolute Gasteiger partial charge is 0.508 e. The number of rotatable bonds is 2. The molecule has 0 bridgehead atoms. The lowest BCUT2D eigenvalue weighted by Crippen LogP contribution is -2.24. The molecule has 2 aromatic carbocycles. The van der Waals surface area contributed by atoms with Gasteiger partial charge in [0.05, 0.1) is 0 Å². The summed E-state index contributed by atoms with van der Waals surface area (Å²) in [6, 6.07) is 18.4. The van der Waals surface area contributed by atoms with Crippen molar-refractivity contribution < 1.29 is 5.11 Å². The topological polar surface area (TPSA) is 20.2 Å². The van der Waals surface area contributed by atoms with Crippen LogP contribution in [0.1, 0.15) is 17.5 Å². The molecule has 0 radical (unpaired) electrons. The molecule has 3 heteroatoms. The fraction of sp³-hybridized carbons (Fsp3) is 0.250. The smallest absolute Gasteiger partial charge is 0.115 e. The van der Waals surface area contributed by atoms with Gasteiger partial charge in [-0.1, -0.05) is 42.5 Å². The maximum atomic E-state index is 9.50. The van der Waals surface area contributed by atoms with Gasteiger partial charge >= 0.3 is 0 Å². The van der Waals surface area contributed by atoms with Crippen LogP contribution in [0.5, 0.6) is 5.75 Å². The van der Waals surface area contributed by atoms with E-state index in [1.807, 2.05) is 35.7 Å². The molecule has 1 N–H and O–H groups in total. The maximum Gasteiger partial charge on any atom is 0.115 e. The van der Waals surface area contributed by atoms with E-state index < -0.39 is 0 Å². The van der Waals surface area contributed by atoms with Crippen LogP contribution in [0.2, 0.25) is 0 Å². The average molecular weight is 288 g/mol. The Kier molecular flexibility index (Phi) is 3.76. The standard InChI is InChI=1S/C16H16OS2/c17-15-9-7-14(8-10-15)16(18-11-4-12-19-16)13-5-2-1-3-6-13/h1-3,5-10,17H,4,11-12H2. The van der Waals surface area contributed by atoms with Gasteiger partial charge in [-0.05, 0) is 41.2 Å². The Morgan fingerprint density at radius 3 is 2.00 bits per heavy atom. The average Bonchev–Trinajstić information content (AvgIpc) is 2.49. The monoisotopic (exact) mass is 288 g/mol. The lowest BCUT2D eigenvalue weighted by Gasteiger charge is -2.37. The summed E-state index contributed by atoms with van der Waals surface area (Å²) >= 11 is 4.01. The van der Waals surface area contributed by atoms with E-state index in [-0.39, 0.29) is 4.08 Å². The van der Waals surface area contributed by atoms with E-state index in [1.54, 1.807) is 12.1 Å². The number of phenols is 1. The highest BCUT2D eigenvalue weighted by atomic mass is 32.2. The van der Waals surface area contributed by atoms with Crippen molar-refractivity contribution in [2.24, 2.45) is 0 Å². The Morgan fingerprint density at radius 2 is 1.37 bits per heavy atom. The molecule has 3 rings (SSSR count). The molecule has 1 aliphatic heterocycles. The van der Waals surface area contributed by atoms with Gasteiger partial charge in [-0.15, -0.1) is 23.5 Å². The van der Waals surface area contributed by atoms with Gasteiger partial charge in [0.15, 0.2) is 0 Å². The zero-order chi connectivity index (χ0) is 13.1. The number of benzene rings is 2. The molecule has 98 valence electrons. The van der Waals surface area contributed by atoms with Crippen molar-refractivity contribution in [1.29, 1.82) is 0 Å². The van der Waals surface area contributed by atoms with Gasteiger partial charge in [-0.2, -0.15) is 0 Å². The van der Waals surface area contributed by atoms with Gasteiger partial charge in [0.2, 0.25) is 0 Å². The van der Waals surface area contributed by atoms with E-state index in [9.17, 15) is 5.11 Å². The molecule has 0 unspecified atom stereocenters. The number of phenolic OH excluding ortho intramolecular Hbond substituents is 1.